The van der Waals surface area contributed by atoms with Gasteiger partial charge in [0.25, 0.3) is 0 Å². The fourth-order valence-corrected chi connectivity index (χ4v) is 4.04. The van der Waals surface area contributed by atoms with E-state index >= 15 is 0 Å². The number of hydrogen-bond acceptors (Lipinski definition) is 8. The SMILES string of the molecule is COc1cc(CCC(=O)OCc2csc(N(C(C)=O)c3ccccc3OC)n2)cc(OC)c1. The topological polar surface area (TPSA) is 87.2 Å². The molecule has 174 valence electrons. The van der Waals surface area contributed by atoms with Gasteiger partial charge in [-0.25, -0.2) is 4.98 Å². The van der Waals surface area contributed by atoms with Crippen LogP contribution in [-0.2, 0) is 27.4 Å². The molecule has 0 aliphatic rings. The standard InChI is InChI=1S/C24H26N2O6S/c1-16(27)26(21-7-5-6-8-22(21)31-4)24-25-18(15-33-24)14-32-23(28)10-9-17-11-19(29-2)13-20(12-17)30-3/h5-8,11-13,15H,9-10,14H2,1-4H3. The summed E-state index contributed by atoms with van der Waals surface area (Å²) in [7, 11) is 4.71. The predicted molar refractivity (Wildman–Crippen MR) is 126 cm³/mol. The molecule has 0 saturated carbocycles. The van der Waals surface area contributed by atoms with Gasteiger partial charge in [-0.05, 0) is 36.2 Å². The summed E-state index contributed by atoms with van der Waals surface area (Å²) in [6, 6.07) is 12.7. The van der Waals surface area contributed by atoms with Gasteiger partial charge in [0.1, 0.15) is 23.9 Å². The summed E-state index contributed by atoms with van der Waals surface area (Å²) in [5.41, 5.74) is 2.07. The molecule has 0 N–H and O–H groups in total. The Bertz CT molecular complexity index is 1090. The lowest BCUT2D eigenvalue weighted by Gasteiger charge is -2.20. The Morgan fingerprint density at radius 1 is 1.00 bits per heavy atom. The van der Waals surface area contributed by atoms with Crippen LogP contribution in [0.5, 0.6) is 17.2 Å². The molecule has 0 saturated heterocycles. The molecule has 0 bridgehead atoms. The summed E-state index contributed by atoms with van der Waals surface area (Å²) in [5, 5.41) is 2.24. The monoisotopic (exact) mass is 470 g/mol. The number of carbonyl (C=O) groups is 2. The van der Waals surface area contributed by atoms with Crippen LogP contribution in [0.2, 0.25) is 0 Å². The zero-order valence-corrected chi connectivity index (χ0v) is 19.8. The summed E-state index contributed by atoms with van der Waals surface area (Å²) in [6.45, 7) is 1.48. The minimum absolute atomic E-state index is 0.0223. The molecule has 3 rings (SSSR count). The molecule has 33 heavy (non-hydrogen) atoms. The molecule has 0 fully saturated rings. The van der Waals surface area contributed by atoms with Crippen LogP contribution in [0, 0.1) is 0 Å². The number of anilines is 2. The number of aryl methyl sites for hydroxylation is 1. The van der Waals surface area contributed by atoms with Crippen molar-refractivity contribution in [2.45, 2.75) is 26.4 Å². The molecule has 3 aromatic rings. The molecular weight excluding hydrogens is 444 g/mol. The first kappa shape index (κ1) is 24.1. The molecule has 0 unspecified atom stereocenters. The summed E-state index contributed by atoms with van der Waals surface area (Å²) in [4.78, 5) is 30.6. The molecule has 2 aromatic carbocycles. The number of rotatable bonds is 10. The van der Waals surface area contributed by atoms with Crippen LogP contribution in [0.3, 0.4) is 0 Å². The maximum absolute atomic E-state index is 12.3. The van der Waals surface area contributed by atoms with E-state index in [1.54, 1.807) is 44.9 Å². The van der Waals surface area contributed by atoms with Gasteiger partial charge in [-0.15, -0.1) is 11.3 Å². The summed E-state index contributed by atoms with van der Waals surface area (Å²) < 4.78 is 21.3. The van der Waals surface area contributed by atoms with Crippen molar-refractivity contribution in [1.29, 1.82) is 0 Å². The van der Waals surface area contributed by atoms with Crippen LogP contribution in [0.4, 0.5) is 10.8 Å². The molecule has 1 heterocycles. The lowest BCUT2D eigenvalue weighted by Crippen LogP contribution is -2.23. The molecule has 0 aliphatic heterocycles. The summed E-state index contributed by atoms with van der Waals surface area (Å²) in [5.74, 6) is 1.34. The number of nitrogens with zero attached hydrogens (tertiary/aromatic N) is 2. The van der Waals surface area contributed by atoms with Crippen LogP contribution < -0.4 is 19.1 Å². The number of methoxy groups -OCH3 is 3. The molecule has 9 heteroatoms. The van der Waals surface area contributed by atoms with E-state index in [9.17, 15) is 9.59 Å². The second-order valence-electron chi connectivity index (χ2n) is 7.03. The fourth-order valence-electron chi connectivity index (χ4n) is 3.17. The molecule has 0 atom stereocenters. The minimum atomic E-state index is -0.348. The highest BCUT2D eigenvalue weighted by atomic mass is 32.1. The molecule has 0 spiro atoms. The highest BCUT2D eigenvalue weighted by molar-refractivity contribution is 7.14. The quantitative estimate of drug-likeness (QED) is 0.402. The Hall–Kier alpha value is -3.59. The van der Waals surface area contributed by atoms with Gasteiger partial charge in [-0.2, -0.15) is 0 Å². The predicted octanol–water partition coefficient (Wildman–Crippen LogP) is 4.53. The maximum atomic E-state index is 12.3. The Balaban J connectivity index is 1.61. The van der Waals surface area contributed by atoms with Gasteiger partial charge in [0.05, 0.1) is 32.7 Å². The largest absolute Gasteiger partial charge is 0.497 e. The van der Waals surface area contributed by atoms with E-state index in [2.05, 4.69) is 4.98 Å². The first-order chi connectivity index (χ1) is 15.9. The van der Waals surface area contributed by atoms with E-state index in [0.717, 1.165) is 5.56 Å². The Morgan fingerprint density at radius 3 is 2.33 bits per heavy atom. The van der Waals surface area contributed by atoms with Crippen molar-refractivity contribution >= 4 is 34.0 Å². The number of amides is 1. The number of hydrogen-bond donors (Lipinski definition) is 0. The average molecular weight is 471 g/mol. The zero-order valence-electron chi connectivity index (χ0n) is 19.0. The highest BCUT2D eigenvalue weighted by Gasteiger charge is 2.21. The van der Waals surface area contributed by atoms with Crippen molar-refractivity contribution in [3.63, 3.8) is 0 Å². The third kappa shape index (κ3) is 6.23. The van der Waals surface area contributed by atoms with Gasteiger partial charge in [-0.1, -0.05) is 12.1 Å². The first-order valence-electron chi connectivity index (χ1n) is 10.2. The number of ether oxygens (including phenoxy) is 4. The summed E-state index contributed by atoms with van der Waals surface area (Å²) >= 11 is 1.29. The van der Waals surface area contributed by atoms with E-state index in [1.165, 1.54) is 23.2 Å². The van der Waals surface area contributed by atoms with Crippen molar-refractivity contribution in [3.8, 4) is 17.2 Å². The van der Waals surface area contributed by atoms with Gasteiger partial charge < -0.3 is 18.9 Å². The van der Waals surface area contributed by atoms with Crippen molar-refractivity contribution in [2.24, 2.45) is 0 Å². The van der Waals surface area contributed by atoms with E-state index in [-0.39, 0.29) is 24.9 Å². The van der Waals surface area contributed by atoms with Crippen LogP contribution in [0.1, 0.15) is 24.6 Å². The second-order valence-corrected chi connectivity index (χ2v) is 7.87. The summed E-state index contributed by atoms with van der Waals surface area (Å²) in [6.07, 6.45) is 0.689. The third-order valence-electron chi connectivity index (χ3n) is 4.78. The maximum Gasteiger partial charge on any atom is 0.306 e. The fraction of sp³-hybridized carbons (Fsp3) is 0.292. The number of benzene rings is 2. The number of esters is 1. The van der Waals surface area contributed by atoms with Crippen LogP contribution in [0.25, 0.3) is 0 Å². The Labute approximate surface area is 196 Å². The van der Waals surface area contributed by atoms with Crippen LogP contribution in [0.15, 0.2) is 47.8 Å². The van der Waals surface area contributed by atoms with Crippen molar-refractivity contribution in [3.05, 3.63) is 59.1 Å². The third-order valence-corrected chi connectivity index (χ3v) is 5.66. The van der Waals surface area contributed by atoms with E-state index in [1.807, 2.05) is 24.3 Å². The Kier molecular flexibility index (Phi) is 8.26. The lowest BCUT2D eigenvalue weighted by molar-refractivity contribution is -0.145. The molecule has 1 aromatic heterocycles. The van der Waals surface area contributed by atoms with Crippen molar-refractivity contribution in [2.75, 3.05) is 26.2 Å². The van der Waals surface area contributed by atoms with Crippen LogP contribution in [-0.4, -0.2) is 38.2 Å². The van der Waals surface area contributed by atoms with Gasteiger partial charge >= 0.3 is 5.97 Å². The number of aromatic nitrogens is 1. The van der Waals surface area contributed by atoms with Crippen molar-refractivity contribution < 1.29 is 28.5 Å². The minimum Gasteiger partial charge on any atom is -0.497 e. The zero-order chi connectivity index (χ0) is 23.8. The molecule has 8 nitrogen and oxygen atoms in total. The smallest absolute Gasteiger partial charge is 0.306 e. The lowest BCUT2D eigenvalue weighted by atomic mass is 10.1. The first-order valence-corrected chi connectivity index (χ1v) is 11.1. The molecule has 1 amide bonds. The van der Waals surface area contributed by atoms with E-state index < -0.39 is 0 Å². The van der Waals surface area contributed by atoms with Crippen LogP contribution >= 0.6 is 11.3 Å². The normalized spacial score (nSPS) is 10.4. The Morgan fingerprint density at radius 2 is 1.70 bits per heavy atom. The number of para-hydroxylation sites is 2. The van der Waals surface area contributed by atoms with Gasteiger partial charge in [0.15, 0.2) is 5.13 Å². The highest BCUT2D eigenvalue weighted by Crippen LogP contribution is 2.35. The number of thiazole rings is 1. The molecule has 0 aliphatic carbocycles. The average Bonchev–Trinajstić information content (AvgIpc) is 3.29. The second kappa shape index (κ2) is 11.3. The van der Waals surface area contributed by atoms with E-state index in [0.29, 0.717) is 40.2 Å². The van der Waals surface area contributed by atoms with E-state index in [4.69, 9.17) is 18.9 Å². The number of carbonyl (C=O) groups excluding carboxylic acids is 2. The molecule has 0 radical (unpaired) electrons. The van der Waals surface area contributed by atoms with Gasteiger partial charge in [-0.3, -0.25) is 14.5 Å². The van der Waals surface area contributed by atoms with Crippen molar-refractivity contribution in [1.82, 2.24) is 4.98 Å². The van der Waals surface area contributed by atoms with Gasteiger partial charge in [0.2, 0.25) is 5.91 Å². The molecular formula is C24H26N2O6S. The van der Waals surface area contributed by atoms with Gasteiger partial charge in [0, 0.05) is 24.8 Å².